The molecule has 18 heteroatoms. The van der Waals surface area contributed by atoms with Gasteiger partial charge >= 0.3 is 5.97 Å². The van der Waals surface area contributed by atoms with Crippen molar-refractivity contribution in [1.82, 2.24) is 0 Å². The number of aliphatic hydroxyl groups excluding tert-OH is 10. The summed E-state index contributed by atoms with van der Waals surface area (Å²) in [6, 6.07) is 0. The number of aliphatic hydroxyl groups is 10. The zero-order valence-electron chi connectivity index (χ0n) is 38.4. The molecule has 2 spiro atoms. The van der Waals surface area contributed by atoms with E-state index >= 15 is 0 Å². The quantitative estimate of drug-likeness (QED) is 0.100. The molecule has 0 aromatic heterocycles. The normalized spacial score (nSPS) is 55.4. The molecule has 8 fully saturated rings. The van der Waals surface area contributed by atoms with Crippen LogP contribution in [0.4, 0.5) is 0 Å². The lowest BCUT2D eigenvalue weighted by atomic mass is 9.41. The van der Waals surface area contributed by atoms with Crippen molar-refractivity contribution in [3.05, 3.63) is 11.6 Å². The second kappa shape index (κ2) is 17.2. The maximum atomic E-state index is 12.6. The number of ether oxygens (including phenoxy) is 7. The molecule has 25 atom stereocenters. The van der Waals surface area contributed by atoms with Crippen LogP contribution in [0, 0.1) is 50.7 Å². The van der Waals surface area contributed by atoms with E-state index < -0.39 is 105 Å². The first-order valence-corrected chi connectivity index (χ1v) is 24.0. The Morgan fingerprint density at radius 3 is 2.06 bits per heavy atom. The first-order chi connectivity index (χ1) is 30.6. The van der Waals surface area contributed by atoms with E-state index in [0.717, 1.165) is 44.9 Å². The van der Waals surface area contributed by atoms with Gasteiger partial charge in [0, 0.05) is 12.0 Å². The van der Waals surface area contributed by atoms with Crippen LogP contribution >= 0.6 is 0 Å². The Labute approximate surface area is 380 Å². The van der Waals surface area contributed by atoms with Gasteiger partial charge in [0.05, 0.1) is 32.0 Å². The highest BCUT2D eigenvalue weighted by atomic mass is 16.8. The minimum absolute atomic E-state index is 0.00572. The Morgan fingerprint density at radius 2 is 1.37 bits per heavy atom. The van der Waals surface area contributed by atoms with Gasteiger partial charge in [-0.05, 0) is 109 Å². The number of fused-ring (bicyclic) bond motifs is 2. The van der Waals surface area contributed by atoms with Crippen molar-refractivity contribution in [1.29, 1.82) is 0 Å². The molecule has 5 aliphatic carbocycles. The minimum atomic E-state index is -1.84. The van der Waals surface area contributed by atoms with Crippen molar-refractivity contribution in [3.63, 3.8) is 0 Å². The number of rotatable bonds is 10. The van der Waals surface area contributed by atoms with Gasteiger partial charge in [-0.25, -0.2) is 4.79 Å². The summed E-state index contributed by atoms with van der Waals surface area (Å²) >= 11 is 0. The van der Waals surface area contributed by atoms with E-state index in [9.17, 15) is 55.9 Å². The number of carbonyl (C=O) groups is 1. The van der Waals surface area contributed by atoms with Crippen LogP contribution in [-0.2, 0) is 38.0 Å². The molecule has 4 heterocycles. The fraction of sp³-hybridized carbons (Fsp3) is 0.936. The standard InChI is InChI=1S/C47H74O18/c1-20-7-8-24(61-39(20)58)21(2)30-22(49)15-45(6)28-10-9-27-43(3,4)29(11-12-46(27)19-47(28,46)14-13-44(30,45)5)64-42-38(31(51)23(50)17-59-42)65-41-37(57)35(55)33(53)26(63-41)18-60-40-36(56)34(54)32(52)25(16-48)62-40/h7,21-38,40-42,48-57H,8-19H2,1-6H3/t21-,22-,23+,24+,25-,26-,27+,28+,29+,30+,31+,32-,33-,34+,35+,36-,37-,38-,40-,41+,42+,44-,45+,46-,47+/m1/s1. The number of esters is 1. The van der Waals surface area contributed by atoms with Crippen molar-refractivity contribution in [2.45, 2.75) is 204 Å². The minimum Gasteiger partial charge on any atom is -0.458 e. The highest BCUT2D eigenvalue weighted by molar-refractivity contribution is 5.88. The molecule has 0 bridgehead atoms. The third-order valence-electron chi connectivity index (χ3n) is 19.5. The van der Waals surface area contributed by atoms with Gasteiger partial charge < -0.3 is 84.2 Å². The van der Waals surface area contributed by atoms with Gasteiger partial charge in [0.2, 0.25) is 0 Å². The number of cyclic esters (lactones) is 1. The lowest BCUT2D eigenvalue weighted by Crippen LogP contribution is -2.64. The summed E-state index contributed by atoms with van der Waals surface area (Å²) in [5, 5.41) is 107. The Kier molecular flexibility index (Phi) is 12.8. The molecular weight excluding hydrogens is 852 g/mol. The predicted molar refractivity (Wildman–Crippen MR) is 224 cm³/mol. The van der Waals surface area contributed by atoms with Crippen LogP contribution in [0.2, 0.25) is 0 Å². The van der Waals surface area contributed by atoms with Crippen molar-refractivity contribution < 1.29 is 89.0 Å². The molecule has 0 radical (unpaired) electrons. The summed E-state index contributed by atoms with van der Waals surface area (Å²) in [4.78, 5) is 12.6. The average Bonchev–Trinajstić information content (AvgIpc) is 3.88. The van der Waals surface area contributed by atoms with E-state index in [1.165, 1.54) is 0 Å². The first-order valence-electron chi connectivity index (χ1n) is 24.0. The molecule has 0 aromatic rings. The van der Waals surface area contributed by atoms with Gasteiger partial charge in [0.15, 0.2) is 18.9 Å². The lowest BCUT2D eigenvalue weighted by Gasteiger charge is -2.63. The van der Waals surface area contributed by atoms with Gasteiger partial charge in [-0.1, -0.05) is 40.7 Å². The summed E-state index contributed by atoms with van der Waals surface area (Å²) in [6.45, 7) is 11.7. The summed E-state index contributed by atoms with van der Waals surface area (Å²) < 4.78 is 41.7. The summed E-state index contributed by atoms with van der Waals surface area (Å²) in [5.74, 6) is 0.481. The second-order valence-corrected chi connectivity index (χ2v) is 22.6. The van der Waals surface area contributed by atoms with E-state index in [-0.39, 0.29) is 63.7 Å². The molecule has 0 aromatic carbocycles. The molecule has 65 heavy (non-hydrogen) atoms. The van der Waals surface area contributed by atoms with Gasteiger partial charge in [0.1, 0.15) is 73.2 Å². The van der Waals surface area contributed by atoms with Crippen LogP contribution in [0.5, 0.6) is 0 Å². The predicted octanol–water partition coefficient (Wildman–Crippen LogP) is -0.233. The molecule has 9 rings (SSSR count). The molecule has 3 saturated heterocycles. The van der Waals surface area contributed by atoms with Crippen molar-refractivity contribution in [2.24, 2.45) is 50.7 Å². The SMILES string of the molecule is CC1=CC[C@@H]([C@@H](C)[C@H]2[C@H](O)C[C@@]3(C)[C@@H]4CC[C@H]5C(C)(C)[C@@H](O[C@@H]6OC[C@H](O)[C@H](O)[C@H]6O[C@@H]6O[C@H](CO[C@@H]7O[C@H](CO)[C@@H](O)[C@H](O)[C@H]7O)[C@@H](O)[C@H](O)[C@H]6O)CC[C@@]56C[C@@]46CC[C@]23C)OC1=O. The topological polar surface area (TPSA) is 284 Å². The van der Waals surface area contributed by atoms with Crippen LogP contribution in [0.3, 0.4) is 0 Å². The molecule has 10 N–H and O–H groups in total. The molecule has 9 aliphatic rings. The maximum Gasteiger partial charge on any atom is 0.333 e. The monoisotopic (exact) mass is 926 g/mol. The lowest BCUT2D eigenvalue weighted by molar-refractivity contribution is -0.371. The molecule has 0 unspecified atom stereocenters. The van der Waals surface area contributed by atoms with Gasteiger partial charge in [-0.15, -0.1) is 0 Å². The van der Waals surface area contributed by atoms with E-state index in [2.05, 4.69) is 34.6 Å². The fourth-order valence-corrected chi connectivity index (χ4v) is 15.7. The third kappa shape index (κ3) is 7.36. The van der Waals surface area contributed by atoms with Crippen molar-refractivity contribution in [3.8, 4) is 0 Å². The second-order valence-electron chi connectivity index (χ2n) is 22.6. The molecule has 370 valence electrons. The number of hydrogen-bond donors (Lipinski definition) is 10. The molecular formula is C47H74O18. The van der Waals surface area contributed by atoms with Gasteiger partial charge in [-0.2, -0.15) is 0 Å². The highest BCUT2D eigenvalue weighted by Gasteiger charge is 2.83. The number of hydrogen-bond acceptors (Lipinski definition) is 18. The van der Waals surface area contributed by atoms with E-state index in [1.807, 2.05) is 6.08 Å². The van der Waals surface area contributed by atoms with Crippen LogP contribution in [0.25, 0.3) is 0 Å². The largest absolute Gasteiger partial charge is 0.458 e. The van der Waals surface area contributed by atoms with Gasteiger partial charge in [-0.3, -0.25) is 0 Å². The molecule has 4 aliphatic heterocycles. The van der Waals surface area contributed by atoms with E-state index in [4.69, 9.17) is 33.2 Å². The maximum absolute atomic E-state index is 12.6. The van der Waals surface area contributed by atoms with Crippen LogP contribution in [-0.4, -0.2) is 181 Å². The van der Waals surface area contributed by atoms with E-state index in [1.54, 1.807) is 6.92 Å². The average molecular weight is 927 g/mol. The number of carbonyl (C=O) groups excluding carboxylic acids is 1. The Balaban J connectivity index is 0.879. The summed E-state index contributed by atoms with van der Waals surface area (Å²) in [6.07, 6.45) is -12.9. The smallest absolute Gasteiger partial charge is 0.333 e. The third-order valence-corrected chi connectivity index (χ3v) is 19.5. The van der Waals surface area contributed by atoms with Gasteiger partial charge in [0.25, 0.3) is 0 Å². The van der Waals surface area contributed by atoms with E-state index in [0.29, 0.717) is 30.3 Å². The molecule has 0 amide bonds. The van der Waals surface area contributed by atoms with Crippen LogP contribution < -0.4 is 0 Å². The Morgan fingerprint density at radius 1 is 0.723 bits per heavy atom. The Bertz CT molecular complexity index is 1800. The highest BCUT2D eigenvalue weighted by Crippen LogP contribution is 2.89. The summed E-state index contributed by atoms with van der Waals surface area (Å²) in [7, 11) is 0. The Hall–Kier alpha value is -1.43. The van der Waals surface area contributed by atoms with Crippen LogP contribution in [0.15, 0.2) is 11.6 Å². The first kappa shape index (κ1) is 48.6. The fourth-order valence-electron chi connectivity index (χ4n) is 15.7. The van der Waals surface area contributed by atoms with Crippen LogP contribution in [0.1, 0.15) is 99.3 Å². The van der Waals surface area contributed by atoms with Crippen molar-refractivity contribution >= 4 is 5.97 Å². The molecule has 5 saturated carbocycles. The van der Waals surface area contributed by atoms with Crippen molar-refractivity contribution in [2.75, 3.05) is 19.8 Å². The zero-order chi connectivity index (χ0) is 46.9. The molecule has 18 nitrogen and oxygen atoms in total. The zero-order valence-corrected chi connectivity index (χ0v) is 38.4. The summed E-state index contributed by atoms with van der Waals surface area (Å²) in [5.41, 5.74) is 0.285.